The van der Waals surface area contributed by atoms with Crippen molar-refractivity contribution >= 4 is 17.9 Å². The van der Waals surface area contributed by atoms with Crippen LogP contribution in [0.25, 0.3) is 0 Å². The van der Waals surface area contributed by atoms with Crippen molar-refractivity contribution in [3.05, 3.63) is 23.3 Å². The first kappa shape index (κ1) is 21.3. The third kappa shape index (κ3) is 4.60. The molecule has 2 bridgehead atoms. The molecule has 3 rings (SSSR count). The molecule has 0 radical (unpaired) electrons. The minimum atomic E-state index is -0.599. The van der Waals surface area contributed by atoms with Crippen LogP contribution in [0.3, 0.4) is 0 Å². The number of carbonyl (C=O) groups is 2. The summed E-state index contributed by atoms with van der Waals surface area (Å²) in [7, 11) is 1.58. The van der Waals surface area contributed by atoms with Gasteiger partial charge in [-0.1, -0.05) is 6.07 Å². The maximum absolute atomic E-state index is 12.9. The second kappa shape index (κ2) is 7.43. The van der Waals surface area contributed by atoms with Gasteiger partial charge in [-0.3, -0.25) is 10.2 Å². The highest BCUT2D eigenvalue weighted by molar-refractivity contribution is 5.88. The van der Waals surface area contributed by atoms with E-state index in [-0.39, 0.29) is 18.2 Å². The van der Waals surface area contributed by atoms with Gasteiger partial charge in [-0.2, -0.15) is 0 Å². The summed E-state index contributed by atoms with van der Waals surface area (Å²) in [6.07, 6.45) is 1.65. The van der Waals surface area contributed by atoms with E-state index in [4.69, 9.17) is 14.2 Å². The van der Waals surface area contributed by atoms with Gasteiger partial charge in [0.2, 0.25) is 0 Å². The van der Waals surface area contributed by atoms with Crippen LogP contribution in [-0.2, 0) is 15.9 Å². The first-order valence-electron chi connectivity index (χ1n) is 10.1. The number of amides is 2. The normalized spacial score (nSPS) is 20.7. The summed E-state index contributed by atoms with van der Waals surface area (Å²) in [6, 6.07) is 3.83. The monoisotopic (exact) mass is 404 g/mol. The molecule has 2 heterocycles. The number of anilines is 1. The number of nitrogens with zero attached hydrogens (tertiary/aromatic N) is 1. The Morgan fingerprint density at radius 2 is 1.69 bits per heavy atom. The molecule has 1 saturated heterocycles. The molecular weight excluding hydrogens is 372 g/mol. The second-order valence-electron chi connectivity index (χ2n) is 9.68. The maximum atomic E-state index is 12.9. The van der Waals surface area contributed by atoms with Crippen molar-refractivity contribution in [1.29, 1.82) is 0 Å². The number of methoxy groups -OCH3 is 1. The van der Waals surface area contributed by atoms with Gasteiger partial charge in [0, 0.05) is 11.6 Å². The molecule has 1 fully saturated rings. The fourth-order valence-corrected chi connectivity index (χ4v) is 4.13. The highest BCUT2D eigenvalue weighted by atomic mass is 16.6. The number of hydrogen-bond acceptors (Lipinski definition) is 5. The van der Waals surface area contributed by atoms with Crippen molar-refractivity contribution in [1.82, 2.24) is 4.90 Å². The quantitative estimate of drug-likeness (QED) is 0.747. The number of rotatable bonds is 2. The van der Waals surface area contributed by atoms with Crippen molar-refractivity contribution in [3.8, 4) is 5.75 Å². The number of hydrogen-bond donors (Lipinski definition) is 1. The molecule has 7 nitrogen and oxygen atoms in total. The second-order valence-corrected chi connectivity index (χ2v) is 9.68. The van der Waals surface area contributed by atoms with E-state index >= 15 is 0 Å². The molecule has 1 aromatic rings. The van der Waals surface area contributed by atoms with Gasteiger partial charge in [-0.15, -0.1) is 0 Å². The van der Waals surface area contributed by atoms with Crippen LogP contribution in [0, 0.1) is 0 Å². The highest BCUT2D eigenvalue weighted by Gasteiger charge is 2.46. The number of carbonyl (C=O) groups excluding carboxylic acids is 2. The van der Waals surface area contributed by atoms with E-state index in [1.807, 2.05) is 58.6 Å². The van der Waals surface area contributed by atoms with Crippen molar-refractivity contribution in [2.24, 2.45) is 0 Å². The van der Waals surface area contributed by atoms with Crippen LogP contribution in [0.1, 0.15) is 71.6 Å². The summed E-state index contributed by atoms with van der Waals surface area (Å²) >= 11 is 0. The number of ether oxygens (including phenoxy) is 3. The van der Waals surface area contributed by atoms with E-state index < -0.39 is 17.3 Å². The van der Waals surface area contributed by atoms with Crippen LogP contribution in [0.2, 0.25) is 0 Å². The van der Waals surface area contributed by atoms with E-state index in [2.05, 4.69) is 5.32 Å². The fraction of sp³-hybridized carbons (Fsp3) is 0.636. The van der Waals surface area contributed by atoms with Crippen LogP contribution in [-0.4, -0.2) is 41.4 Å². The SMILES string of the molecule is COc1c(NC(=O)OC(C)(C)C)ccc2c1C1CCC(C2)N1C(=O)OC(C)(C)C. The van der Waals surface area contributed by atoms with Gasteiger partial charge in [0.1, 0.15) is 17.0 Å². The molecule has 0 aromatic heterocycles. The van der Waals surface area contributed by atoms with Crippen molar-refractivity contribution in [2.75, 3.05) is 12.4 Å². The fourth-order valence-electron chi connectivity index (χ4n) is 4.13. The molecule has 0 spiro atoms. The van der Waals surface area contributed by atoms with Gasteiger partial charge >= 0.3 is 12.2 Å². The largest absolute Gasteiger partial charge is 0.494 e. The molecule has 2 aliphatic rings. The van der Waals surface area contributed by atoms with E-state index in [1.165, 1.54) is 0 Å². The predicted octanol–water partition coefficient (Wildman–Crippen LogP) is 5.04. The summed E-state index contributed by atoms with van der Waals surface area (Å²) in [4.78, 5) is 27.0. The third-order valence-corrected chi connectivity index (χ3v) is 5.02. The average molecular weight is 405 g/mol. The zero-order valence-electron chi connectivity index (χ0n) is 18.4. The smallest absolute Gasteiger partial charge is 0.412 e. The molecule has 2 aliphatic heterocycles. The molecular formula is C22H32N2O5. The average Bonchev–Trinajstić information content (AvgIpc) is 2.87. The van der Waals surface area contributed by atoms with E-state index in [9.17, 15) is 9.59 Å². The minimum absolute atomic E-state index is 0.122. The first-order valence-corrected chi connectivity index (χ1v) is 10.1. The maximum Gasteiger partial charge on any atom is 0.412 e. The van der Waals surface area contributed by atoms with Gasteiger partial charge in [-0.05, 0) is 72.4 Å². The molecule has 2 amide bonds. The Morgan fingerprint density at radius 1 is 1.03 bits per heavy atom. The zero-order chi connectivity index (χ0) is 21.6. The predicted molar refractivity (Wildman–Crippen MR) is 110 cm³/mol. The number of nitrogens with one attached hydrogen (secondary N) is 1. The zero-order valence-corrected chi connectivity index (χ0v) is 18.4. The lowest BCUT2D eigenvalue weighted by Crippen LogP contribution is -2.44. The number of fused-ring (bicyclic) bond motifs is 4. The molecule has 0 saturated carbocycles. The highest BCUT2D eigenvalue weighted by Crippen LogP contribution is 2.49. The molecule has 2 unspecified atom stereocenters. The Bertz CT molecular complexity index is 807. The minimum Gasteiger partial charge on any atom is -0.494 e. The summed E-state index contributed by atoms with van der Waals surface area (Å²) in [6.45, 7) is 11.0. The van der Waals surface area contributed by atoms with Crippen LogP contribution in [0.5, 0.6) is 5.75 Å². The van der Waals surface area contributed by atoms with Crippen molar-refractivity contribution in [2.45, 2.75) is 84.1 Å². The summed E-state index contributed by atoms with van der Waals surface area (Å²) in [5.74, 6) is 0.576. The summed E-state index contributed by atoms with van der Waals surface area (Å²) < 4.78 is 16.7. The molecule has 29 heavy (non-hydrogen) atoms. The van der Waals surface area contributed by atoms with Gasteiger partial charge in [-0.25, -0.2) is 9.59 Å². The van der Waals surface area contributed by atoms with Gasteiger partial charge in [0.15, 0.2) is 0 Å². The summed E-state index contributed by atoms with van der Waals surface area (Å²) in [5.41, 5.74) is 1.47. The summed E-state index contributed by atoms with van der Waals surface area (Å²) in [5, 5.41) is 2.79. The Kier molecular flexibility index (Phi) is 5.45. The van der Waals surface area contributed by atoms with Gasteiger partial charge in [0.25, 0.3) is 0 Å². The molecule has 160 valence electrons. The van der Waals surface area contributed by atoms with Crippen molar-refractivity contribution in [3.63, 3.8) is 0 Å². The van der Waals surface area contributed by atoms with E-state index in [0.717, 1.165) is 30.4 Å². The Balaban J connectivity index is 1.92. The molecule has 1 N–H and O–H groups in total. The van der Waals surface area contributed by atoms with Crippen LogP contribution in [0.4, 0.5) is 15.3 Å². The lowest BCUT2D eigenvalue weighted by atomic mass is 9.91. The Labute approximate surface area is 172 Å². The third-order valence-electron chi connectivity index (χ3n) is 5.02. The molecule has 2 atom stereocenters. The molecule has 1 aromatic carbocycles. The number of benzene rings is 1. The Hall–Kier alpha value is -2.44. The molecule has 7 heteroatoms. The van der Waals surface area contributed by atoms with Crippen LogP contribution < -0.4 is 10.1 Å². The topological polar surface area (TPSA) is 77.1 Å². The lowest BCUT2D eigenvalue weighted by molar-refractivity contribution is 0.0122. The van der Waals surface area contributed by atoms with Gasteiger partial charge < -0.3 is 14.2 Å². The van der Waals surface area contributed by atoms with E-state index in [0.29, 0.717) is 11.4 Å². The van der Waals surface area contributed by atoms with Gasteiger partial charge in [0.05, 0.1) is 18.8 Å². The van der Waals surface area contributed by atoms with Crippen LogP contribution >= 0.6 is 0 Å². The first-order chi connectivity index (χ1) is 13.4. The van der Waals surface area contributed by atoms with Crippen molar-refractivity contribution < 1.29 is 23.8 Å². The standard InChI is InChI=1S/C22H32N2O5/c1-21(2,3)28-19(25)23-15-10-8-13-12-14-9-11-16(17(13)18(15)27-7)24(14)20(26)29-22(4,5)6/h8,10,14,16H,9,11-12H2,1-7H3,(H,23,25). The van der Waals surface area contributed by atoms with E-state index in [1.54, 1.807) is 7.11 Å². The lowest BCUT2D eigenvalue weighted by Gasteiger charge is -2.38. The van der Waals surface area contributed by atoms with Crippen LogP contribution in [0.15, 0.2) is 12.1 Å². The Morgan fingerprint density at radius 3 is 2.28 bits per heavy atom. The molecule has 0 aliphatic carbocycles.